The van der Waals surface area contributed by atoms with Gasteiger partial charge in [0.1, 0.15) is 5.82 Å². The molecule has 2 unspecified atom stereocenters. The molecule has 0 aliphatic carbocycles. The maximum absolute atomic E-state index is 4.37. The van der Waals surface area contributed by atoms with Crippen LogP contribution in [0.5, 0.6) is 0 Å². The molecule has 0 bridgehead atoms. The van der Waals surface area contributed by atoms with Crippen molar-refractivity contribution in [2.45, 2.75) is 31.8 Å². The first kappa shape index (κ1) is 11.0. The molecule has 84 valence electrons. The highest BCUT2D eigenvalue weighted by Crippen LogP contribution is 2.19. The molecule has 2 rings (SSSR count). The Labute approximate surface area is 95.7 Å². The number of imidazole rings is 1. The lowest BCUT2D eigenvalue weighted by Crippen LogP contribution is -2.36. The molecule has 0 radical (unpaired) electrons. The van der Waals surface area contributed by atoms with Crippen LogP contribution in [0.4, 0.5) is 0 Å². The predicted molar refractivity (Wildman–Crippen MR) is 65.1 cm³/mol. The van der Waals surface area contributed by atoms with Crippen LogP contribution in [-0.2, 0) is 7.05 Å². The summed E-state index contributed by atoms with van der Waals surface area (Å²) < 4.78 is 2.09. The van der Waals surface area contributed by atoms with E-state index < -0.39 is 0 Å². The molecule has 1 fully saturated rings. The van der Waals surface area contributed by atoms with E-state index in [9.17, 15) is 0 Å². The Kier molecular flexibility index (Phi) is 3.70. The van der Waals surface area contributed by atoms with Gasteiger partial charge >= 0.3 is 0 Å². The number of nitrogens with one attached hydrogen (secondary N) is 1. The predicted octanol–water partition coefficient (Wildman–Crippen LogP) is 1.97. The van der Waals surface area contributed by atoms with Gasteiger partial charge in [-0.25, -0.2) is 4.98 Å². The summed E-state index contributed by atoms with van der Waals surface area (Å²) >= 11 is 2.06. The third-order valence-electron chi connectivity index (χ3n) is 2.89. The van der Waals surface area contributed by atoms with Gasteiger partial charge < -0.3 is 9.88 Å². The van der Waals surface area contributed by atoms with Gasteiger partial charge in [0.25, 0.3) is 0 Å². The van der Waals surface area contributed by atoms with E-state index in [0.717, 1.165) is 5.82 Å². The van der Waals surface area contributed by atoms with Crippen molar-refractivity contribution in [1.29, 1.82) is 0 Å². The van der Waals surface area contributed by atoms with Crippen molar-refractivity contribution >= 4 is 11.8 Å². The summed E-state index contributed by atoms with van der Waals surface area (Å²) in [5, 5.41) is 3.66. The minimum atomic E-state index is 0.355. The second kappa shape index (κ2) is 5.03. The Balaban J connectivity index is 1.91. The molecule has 0 spiro atoms. The molecule has 1 aromatic heterocycles. The zero-order chi connectivity index (χ0) is 10.7. The summed E-state index contributed by atoms with van der Waals surface area (Å²) in [6.45, 7) is 2.20. The lowest BCUT2D eigenvalue weighted by molar-refractivity contribution is 0.433. The molecule has 0 amide bonds. The molecule has 15 heavy (non-hydrogen) atoms. The number of nitrogens with zero attached hydrogens (tertiary/aromatic N) is 2. The Morgan fingerprint density at radius 2 is 2.53 bits per heavy atom. The van der Waals surface area contributed by atoms with Gasteiger partial charge in [0, 0.05) is 31.2 Å². The number of rotatable bonds is 3. The molecule has 4 heteroatoms. The fourth-order valence-electron chi connectivity index (χ4n) is 2.09. The van der Waals surface area contributed by atoms with Gasteiger partial charge in [-0.15, -0.1) is 0 Å². The van der Waals surface area contributed by atoms with E-state index in [1.807, 2.05) is 12.4 Å². The molecule has 1 aliphatic rings. The van der Waals surface area contributed by atoms with Crippen LogP contribution in [0.2, 0.25) is 0 Å². The summed E-state index contributed by atoms with van der Waals surface area (Å²) in [6, 6.07) is 1.02. The van der Waals surface area contributed by atoms with Crippen molar-refractivity contribution in [2.24, 2.45) is 7.05 Å². The van der Waals surface area contributed by atoms with Gasteiger partial charge in [0.15, 0.2) is 0 Å². The van der Waals surface area contributed by atoms with E-state index in [0.29, 0.717) is 12.1 Å². The molecular weight excluding hydrogens is 206 g/mol. The first-order valence-electron chi connectivity index (χ1n) is 5.58. The summed E-state index contributed by atoms with van der Waals surface area (Å²) in [6.07, 6.45) is 6.52. The topological polar surface area (TPSA) is 29.9 Å². The van der Waals surface area contributed by atoms with E-state index in [4.69, 9.17) is 0 Å². The van der Waals surface area contributed by atoms with Crippen molar-refractivity contribution in [3.8, 4) is 0 Å². The maximum Gasteiger partial charge on any atom is 0.125 e. The Bertz CT molecular complexity index is 305. The van der Waals surface area contributed by atoms with Crippen LogP contribution >= 0.6 is 11.8 Å². The van der Waals surface area contributed by atoms with Crippen LogP contribution in [0, 0.1) is 0 Å². The third-order valence-corrected chi connectivity index (χ3v) is 4.11. The minimum Gasteiger partial charge on any atom is -0.337 e. The number of hydrogen-bond acceptors (Lipinski definition) is 3. The van der Waals surface area contributed by atoms with Crippen molar-refractivity contribution in [3.63, 3.8) is 0 Å². The number of aryl methyl sites for hydroxylation is 1. The average molecular weight is 225 g/mol. The Morgan fingerprint density at radius 1 is 1.67 bits per heavy atom. The first-order valence-corrected chi connectivity index (χ1v) is 6.74. The zero-order valence-electron chi connectivity index (χ0n) is 9.44. The van der Waals surface area contributed by atoms with Gasteiger partial charge in [-0.2, -0.15) is 11.8 Å². The van der Waals surface area contributed by atoms with Gasteiger partial charge in [-0.05, 0) is 25.5 Å². The SMILES string of the molecule is CC(NC1CCCSC1)c1nccn1C. The highest BCUT2D eigenvalue weighted by Gasteiger charge is 2.18. The molecule has 1 N–H and O–H groups in total. The van der Waals surface area contributed by atoms with E-state index >= 15 is 0 Å². The summed E-state index contributed by atoms with van der Waals surface area (Å²) in [7, 11) is 2.05. The van der Waals surface area contributed by atoms with E-state index in [1.54, 1.807) is 0 Å². The van der Waals surface area contributed by atoms with Gasteiger partial charge in [0.2, 0.25) is 0 Å². The summed E-state index contributed by atoms with van der Waals surface area (Å²) in [4.78, 5) is 4.37. The highest BCUT2D eigenvalue weighted by atomic mass is 32.2. The largest absolute Gasteiger partial charge is 0.337 e. The normalized spacial score (nSPS) is 24.0. The van der Waals surface area contributed by atoms with Crippen LogP contribution in [-0.4, -0.2) is 27.1 Å². The summed E-state index contributed by atoms with van der Waals surface area (Å²) in [5.41, 5.74) is 0. The molecule has 2 atom stereocenters. The maximum atomic E-state index is 4.37. The van der Waals surface area contributed by atoms with Gasteiger partial charge in [-0.1, -0.05) is 0 Å². The quantitative estimate of drug-likeness (QED) is 0.853. The fraction of sp³-hybridized carbons (Fsp3) is 0.727. The van der Waals surface area contributed by atoms with Crippen molar-refractivity contribution in [2.75, 3.05) is 11.5 Å². The number of hydrogen-bond donors (Lipinski definition) is 1. The van der Waals surface area contributed by atoms with E-state index in [1.165, 1.54) is 24.3 Å². The number of aromatic nitrogens is 2. The van der Waals surface area contributed by atoms with Crippen LogP contribution < -0.4 is 5.32 Å². The molecular formula is C11H19N3S. The lowest BCUT2D eigenvalue weighted by atomic mass is 10.1. The third kappa shape index (κ3) is 2.75. The van der Waals surface area contributed by atoms with Crippen LogP contribution in [0.25, 0.3) is 0 Å². The molecule has 1 aliphatic heterocycles. The molecule has 3 nitrogen and oxygen atoms in total. The van der Waals surface area contributed by atoms with E-state index in [2.05, 4.69) is 40.6 Å². The van der Waals surface area contributed by atoms with Crippen LogP contribution in [0.3, 0.4) is 0 Å². The smallest absolute Gasteiger partial charge is 0.125 e. The van der Waals surface area contributed by atoms with Crippen LogP contribution in [0.1, 0.15) is 31.6 Å². The first-order chi connectivity index (χ1) is 7.27. The van der Waals surface area contributed by atoms with Gasteiger partial charge in [-0.3, -0.25) is 0 Å². The lowest BCUT2D eigenvalue weighted by Gasteiger charge is -2.26. The monoisotopic (exact) mass is 225 g/mol. The second-order valence-corrected chi connectivity index (χ2v) is 5.35. The van der Waals surface area contributed by atoms with Crippen molar-refractivity contribution in [1.82, 2.24) is 14.9 Å². The molecule has 1 aromatic rings. The van der Waals surface area contributed by atoms with Crippen LogP contribution in [0.15, 0.2) is 12.4 Å². The fourth-order valence-corrected chi connectivity index (χ4v) is 3.18. The average Bonchev–Trinajstić information content (AvgIpc) is 2.66. The molecule has 1 saturated heterocycles. The standard InChI is InChI=1S/C11H19N3S/c1-9(11-12-5-6-14(11)2)13-10-4-3-7-15-8-10/h5-6,9-10,13H,3-4,7-8H2,1-2H3. The van der Waals surface area contributed by atoms with Crippen molar-refractivity contribution in [3.05, 3.63) is 18.2 Å². The number of thioether (sulfide) groups is 1. The summed E-state index contributed by atoms with van der Waals surface area (Å²) in [5.74, 6) is 3.70. The minimum absolute atomic E-state index is 0.355. The zero-order valence-corrected chi connectivity index (χ0v) is 10.3. The Morgan fingerprint density at radius 3 is 3.13 bits per heavy atom. The molecule has 2 heterocycles. The van der Waals surface area contributed by atoms with E-state index in [-0.39, 0.29) is 0 Å². The highest BCUT2D eigenvalue weighted by molar-refractivity contribution is 7.99. The van der Waals surface area contributed by atoms with Gasteiger partial charge in [0.05, 0.1) is 6.04 Å². The molecule has 0 saturated carbocycles. The Hall–Kier alpha value is -0.480. The molecule has 0 aromatic carbocycles. The second-order valence-electron chi connectivity index (χ2n) is 4.20. The van der Waals surface area contributed by atoms with Crippen molar-refractivity contribution < 1.29 is 0 Å².